The van der Waals surface area contributed by atoms with Gasteiger partial charge in [-0.25, -0.2) is 4.39 Å². The molecule has 1 aromatic carbocycles. The van der Waals surface area contributed by atoms with E-state index in [0.29, 0.717) is 24.8 Å². The topological polar surface area (TPSA) is 79.5 Å². The molecule has 1 aromatic rings. The molecule has 0 aromatic heterocycles. The number of rotatable bonds is 9. The van der Waals surface area contributed by atoms with Gasteiger partial charge in [-0.05, 0) is 49.8 Å². The Balaban J connectivity index is 2.54. The normalized spacial score (nSPS) is 14.2. The highest BCUT2D eigenvalue weighted by atomic mass is 19.1. The van der Waals surface area contributed by atoms with Gasteiger partial charge in [-0.15, -0.1) is 0 Å². The highest BCUT2D eigenvalue weighted by Gasteiger charge is 2.17. The second-order valence-corrected chi connectivity index (χ2v) is 6.90. The molecule has 0 saturated carbocycles. The lowest BCUT2D eigenvalue weighted by Gasteiger charge is -2.21. The number of hydrogen-bond acceptors (Lipinski definition) is 2. The molecule has 0 saturated heterocycles. The summed E-state index contributed by atoms with van der Waals surface area (Å²) in [6.07, 6.45) is 2.65. The van der Waals surface area contributed by atoms with Crippen molar-refractivity contribution in [2.75, 3.05) is 13.6 Å². The van der Waals surface area contributed by atoms with E-state index in [1.54, 1.807) is 19.2 Å². The van der Waals surface area contributed by atoms with Crippen LogP contribution in [-0.4, -0.2) is 31.5 Å². The van der Waals surface area contributed by atoms with Crippen LogP contribution in [0.15, 0.2) is 29.3 Å². The highest BCUT2D eigenvalue weighted by molar-refractivity contribution is 5.82. The molecule has 0 heterocycles. The fraction of sp³-hybridized carbons (Fsp3) is 0.579. The van der Waals surface area contributed by atoms with Crippen LogP contribution in [0, 0.1) is 17.7 Å². The Morgan fingerprint density at radius 1 is 1.20 bits per heavy atom. The van der Waals surface area contributed by atoms with E-state index in [4.69, 9.17) is 5.73 Å². The number of aliphatic imine (C=N–C) groups is 1. The van der Waals surface area contributed by atoms with Crippen LogP contribution in [0.4, 0.5) is 4.39 Å². The van der Waals surface area contributed by atoms with Gasteiger partial charge >= 0.3 is 0 Å². The van der Waals surface area contributed by atoms with Crippen LogP contribution in [-0.2, 0) is 11.2 Å². The van der Waals surface area contributed by atoms with E-state index >= 15 is 0 Å². The maximum absolute atomic E-state index is 13.0. The molecule has 0 fully saturated rings. The van der Waals surface area contributed by atoms with Gasteiger partial charge in [0.2, 0.25) is 5.91 Å². The molecular formula is C19H31FN4O. The molecule has 1 rings (SSSR count). The van der Waals surface area contributed by atoms with Crippen molar-refractivity contribution in [2.24, 2.45) is 22.6 Å². The van der Waals surface area contributed by atoms with Gasteiger partial charge in [-0.1, -0.05) is 26.0 Å². The van der Waals surface area contributed by atoms with Gasteiger partial charge < -0.3 is 16.4 Å². The number of halogens is 1. The van der Waals surface area contributed by atoms with Gasteiger partial charge in [0.15, 0.2) is 5.96 Å². The molecule has 6 heteroatoms. The number of nitrogens with two attached hydrogens (primary N) is 1. The van der Waals surface area contributed by atoms with E-state index in [1.165, 1.54) is 12.1 Å². The van der Waals surface area contributed by atoms with Crippen LogP contribution < -0.4 is 16.4 Å². The van der Waals surface area contributed by atoms with Crippen LogP contribution in [0.2, 0.25) is 0 Å². The van der Waals surface area contributed by atoms with E-state index in [0.717, 1.165) is 18.4 Å². The summed E-state index contributed by atoms with van der Waals surface area (Å²) < 4.78 is 13.0. The summed E-state index contributed by atoms with van der Waals surface area (Å²) in [5, 5.41) is 6.49. The minimum absolute atomic E-state index is 0.290. The molecule has 1 amide bonds. The predicted molar refractivity (Wildman–Crippen MR) is 101 cm³/mol. The number of hydrogen-bond donors (Lipinski definition) is 3. The van der Waals surface area contributed by atoms with Crippen LogP contribution >= 0.6 is 0 Å². The SMILES string of the molecule is CN=C(NCC(Cc1ccc(F)cc1)C(N)=O)NC(C)CCC(C)C. The van der Waals surface area contributed by atoms with Crippen molar-refractivity contribution in [3.8, 4) is 0 Å². The van der Waals surface area contributed by atoms with Crippen LogP contribution in [0.1, 0.15) is 39.2 Å². The van der Waals surface area contributed by atoms with Crippen LogP contribution in [0.3, 0.4) is 0 Å². The molecule has 25 heavy (non-hydrogen) atoms. The summed E-state index contributed by atoms with van der Waals surface area (Å²) in [7, 11) is 1.70. The summed E-state index contributed by atoms with van der Waals surface area (Å²) >= 11 is 0. The zero-order chi connectivity index (χ0) is 18.8. The first-order chi connectivity index (χ1) is 11.8. The minimum atomic E-state index is -0.394. The molecular weight excluding hydrogens is 319 g/mol. The average Bonchev–Trinajstić information content (AvgIpc) is 2.56. The van der Waals surface area contributed by atoms with Gasteiger partial charge in [0.1, 0.15) is 5.82 Å². The lowest BCUT2D eigenvalue weighted by atomic mass is 9.98. The fourth-order valence-corrected chi connectivity index (χ4v) is 2.48. The minimum Gasteiger partial charge on any atom is -0.369 e. The quantitative estimate of drug-likeness (QED) is 0.473. The summed E-state index contributed by atoms with van der Waals surface area (Å²) in [4.78, 5) is 15.9. The highest BCUT2D eigenvalue weighted by Crippen LogP contribution is 2.10. The molecule has 0 bridgehead atoms. The number of guanidine groups is 1. The Morgan fingerprint density at radius 2 is 1.84 bits per heavy atom. The van der Waals surface area contributed by atoms with Crippen molar-refractivity contribution >= 4 is 11.9 Å². The van der Waals surface area contributed by atoms with Gasteiger partial charge in [0.25, 0.3) is 0 Å². The first kappa shape index (κ1) is 20.9. The molecule has 5 nitrogen and oxygen atoms in total. The average molecular weight is 350 g/mol. The van der Waals surface area contributed by atoms with Gasteiger partial charge in [0, 0.05) is 19.6 Å². The zero-order valence-electron chi connectivity index (χ0n) is 15.7. The molecule has 0 spiro atoms. The van der Waals surface area contributed by atoms with Gasteiger partial charge in [-0.3, -0.25) is 9.79 Å². The molecule has 0 aliphatic heterocycles. The molecule has 0 aliphatic rings. The Labute approximate surface area is 150 Å². The molecule has 2 unspecified atom stereocenters. The monoisotopic (exact) mass is 350 g/mol. The number of amides is 1. The van der Waals surface area contributed by atoms with Crippen molar-refractivity contribution in [2.45, 2.75) is 46.1 Å². The summed E-state index contributed by atoms with van der Waals surface area (Å²) in [6, 6.07) is 6.41. The lowest BCUT2D eigenvalue weighted by molar-refractivity contribution is -0.121. The maximum atomic E-state index is 13.0. The van der Waals surface area contributed by atoms with Crippen LogP contribution in [0.25, 0.3) is 0 Å². The lowest BCUT2D eigenvalue weighted by Crippen LogP contribution is -2.46. The van der Waals surface area contributed by atoms with Gasteiger partial charge in [-0.2, -0.15) is 0 Å². The molecule has 0 radical (unpaired) electrons. The largest absolute Gasteiger partial charge is 0.369 e. The van der Waals surface area contributed by atoms with E-state index in [2.05, 4.69) is 36.4 Å². The number of carbonyl (C=O) groups excluding carboxylic acids is 1. The second-order valence-electron chi connectivity index (χ2n) is 6.90. The smallest absolute Gasteiger partial charge is 0.222 e. The Bertz CT molecular complexity index is 557. The third kappa shape index (κ3) is 8.52. The Hall–Kier alpha value is -2.11. The van der Waals surface area contributed by atoms with Crippen molar-refractivity contribution in [3.63, 3.8) is 0 Å². The number of carbonyl (C=O) groups is 1. The third-order valence-corrected chi connectivity index (χ3v) is 4.10. The molecule has 0 aliphatic carbocycles. The maximum Gasteiger partial charge on any atom is 0.222 e. The summed E-state index contributed by atoms with van der Waals surface area (Å²) in [6.45, 7) is 6.89. The van der Waals surface area contributed by atoms with Crippen molar-refractivity contribution in [1.82, 2.24) is 10.6 Å². The predicted octanol–water partition coefficient (Wildman–Crippen LogP) is 2.46. The zero-order valence-corrected chi connectivity index (χ0v) is 15.7. The number of benzene rings is 1. The first-order valence-electron chi connectivity index (χ1n) is 8.82. The number of primary amides is 1. The van der Waals surface area contributed by atoms with Crippen molar-refractivity contribution in [3.05, 3.63) is 35.6 Å². The standard InChI is InChI=1S/C19H31FN4O/c1-13(2)5-6-14(3)24-19(22-4)23-12-16(18(21)25)11-15-7-9-17(20)10-8-15/h7-10,13-14,16H,5-6,11-12H2,1-4H3,(H2,21,25)(H2,22,23,24). The molecule has 2 atom stereocenters. The third-order valence-electron chi connectivity index (χ3n) is 4.10. The first-order valence-corrected chi connectivity index (χ1v) is 8.82. The van der Waals surface area contributed by atoms with Crippen molar-refractivity contribution < 1.29 is 9.18 Å². The molecule has 4 N–H and O–H groups in total. The Kier molecular flexibility index (Phi) is 8.95. The van der Waals surface area contributed by atoms with E-state index in [-0.39, 0.29) is 17.8 Å². The fourth-order valence-electron chi connectivity index (χ4n) is 2.48. The second kappa shape index (κ2) is 10.7. The number of nitrogens with zero attached hydrogens (tertiary/aromatic N) is 1. The van der Waals surface area contributed by atoms with E-state index in [1.807, 2.05) is 0 Å². The molecule has 140 valence electrons. The van der Waals surface area contributed by atoms with Gasteiger partial charge in [0.05, 0.1) is 5.92 Å². The van der Waals surface area contributed by atoms with E-state index in [9.17, 15) is 9.18 Å². The summed E-state index contributed by atoms with van der Waals surface area (Å²) in [5.74, 6) is 0.239. The Morgan fingerprint density at radius 3 is 2.36 bits per heavy atom. The number of nitrogens with one attached hydrogen (secondary N) is 2. The van der Waals surface area contributed by atoms with Crippen molar-refractivity contribution in [1.29, 1.82) is 0 Å². The summed E-state index contributed by atoms with van der Waals surface area (Å²) in [5.41, 5.74) is 6.39. The van der Waals surface area contributed by atoms with E-state index < -0.39 is 5.92 Å². The van der Waals surface area contributed by atoms with Crippen LogP contribution in [0.5, 0.6) is 0 Å².